The van der Waals surface area contributed by atoms with Crippen LogP contribution in [0.4, 0.5) is 11.6 Å². The Kier molecular flexibility index (Phi) is 4.38. The lowest BCUT2D eigenvalue weighted by atomic mass is 10.3. The molecule has 1 aromatic carbocycles. The number of rotatable bonds is 3. The molecule has 1 N–H and O–H groups in total. The lowest BCUT2D eigenvalue weighted by molar-refractivity contribution is 0.102. The Morgan fingerprint density at radius 2 is 1.86 bits per heavy atom. The third kappa shape index (κ3) is 3.44. The maximum Gasteiger partial charge on any atom is 0.274 e. The van der Waals surface area contributed by atoms with Crippen molar-refractivity contribution in [2.75, 3.05) is 23.3 Å². The van der Waals surface area contributed by atoms with E-state index in [1.165, 1.54) is 0 Å². The number of carbonyl (C=O) groups is 1. The summed E-state index contributed by atoms with van der Waals surface area (Å²) in [5.74, 6) is 0.437. The molecule has 1 aromatic heterocycles. The van der Waals surface area contributed by atoms with Gasteiger partial charge >= 0.3 is 0 Å². The third-order valence-corrected chi connectivity index (χ3v) is 4.09. The van der Waals surface area contributed by atoms with Gasteiger partial charge in [0, 0.05) is 28.9 Å². The molecule has 0 bridgehead atoms. The highest BCUT2D eigenvalue weighted by molar-refractivity contribution is 9.10. The summed E-state index contributed by atoms with van der Waals surface area (Å²) >= 11 is 3.37. The monoisotopic (exact) mass is 360 g/mol. The summed E-state index contributed by atoms with van der Waals surface area (Å²) in [6.07, 6.45) is 2.30. The second-order valence-corrected chi connectivity index (χ2v) is 6.27. The van der Waals surface area contributed by atoms with Crippen molar-refractivity contribution in [1.82, 2.24) is 9.97 Å². The van der Waals surface area contributed by atoms with Crippen LogP contribution < -0.4 is 10.2 Å². The van der Waals surface area contributed by atoms with Gasteiger partial charge in [-0.05, 0) is 50.1 Å². The molecule has 2 aromatic rings. The largest absolute Gasteiger partial charge is 0.341 e. The molecule has 1 amide bonds. The lowest BCUT2D eigenvalue weighted by Gasteiger charge is -2.16. The van der Waals surface area contributed by atoms with Gasteiger partial charge in [-0.2, -0.15) is 0 Å². The third-order valence-electron chi connectivity index (χ3n) is 3.57. The molecular weight excluding hydrogens is 344 g/mol. The van der Waals surface area contributed by atoms with Gasteiger partial charge in [0.1, 0.15) is 5.69 Å². The predicted octanol–water partition coefficient (Wildman–Crippen LogP) is 3.40. The molecule has 3 rings (SSSR count). The van der Waals surface area contributed by atoms with E-state index in [9.17, 15) is 4.79 Å². The number of aryl methyl sites for hydroxylation is 1. The van der Waals surface area contributed by atoms with Crippen molar-refractivity contribution < 1.29 is 4.79 Å². The maximum atomic E-state index is 12.4. The Balaban J connectivity index is 1.80. The van der Waals surface area contributed by atoms with E-state index in [2.05, 4.69) is 36.1 Å². The van der Waals surface area contributed by atoms with Crippen molar-refractivity contribution in [3.8, 4) is 0 Å². The number of anilines is 2. The molecule has 0 spiro atoms. The highest BCUT2D eigenvalue weighted by Crippen LogP contribution is 2.18. The Morgan fingerprint density at radius 1 is 1.18 bits per heavy atom. The standard InChI is InChI=1S/C16H17BrN4O/c1-11-10-14(20-16(18-11)21-8-2-3-9-21)15(22)19-13-6-4-12(17)5-7-13/h4-7,10H,2-3,8-9H2,1H3,(H,19,22). The topological polar surface area (TPSA) is 58.1 Å². The van der Waals surface area contributed by atoms with Gasteiger partial charge in [-0.25, -0.2) is 9.97 Å². The molecule has 1 aliphatic heterocycles. The SMILES string of the molecule is Cc1cc(C(=O)Nc2ccc(Br)cc2)nc(N2CCCC2)n1. The van der Waals surface area contributed by atoms with Gasteiger partial charge in [0.25, 0.3) is 5.91 Å². The molecule has 0 radical (unpaired) electrons. The van der Waals surface area contributed by atoms with Crippen LogP contribution in [-0.2, 0) is 0 Å². The summed E-state index contributed by atoms with van der Waals surface area (Å²) in [6, 6.07) is 9.18. The molecule has 114 valence electrons. The molecule has 0 atom stereocenters. The first-order valence-electron chi connectivity index (χ1n) is 7.29. The molecular formula is C16H17BrN4O. The Hall–Kier alpha value is -1.95. The summed E-state index contributed by atoms with van der Waals surface area (Å²) in [7, 11) is 0. The number of hydrogen-bond acceptors (Lipinski definition) is 4. The minimum absolute atomic E-state index is 0.215. The fourth-order valence-electron chi connectivity index (χ4n) is 2.46. The number of amides is 1. The molecule has 1 fully saturated rings. The molecule has 0 unspecified atom stereocenters. The number of halogens is 1. The number of benzene rings is 1. The normalized spacial score (nSPS) is 14.2. The van der Waals surface area contributed by atoms with Crippen molar-refractivity contribution in [2.24, 2.45) is 0 Å². The van der Waals surface area contributed by atoms with Gasteiger partial charge in [-0.15, -0.1) is 0 Å². The molecule has 1 aliphatic rings. The van der Waals surface area contributed by atoms with Crippen LogP contribution in [0, 0.1) is 6.92 Å². The molecule has 2 heterocycles. The molecule has 0 saturated carbocycles. The van der Waals surface area contributed by atoms with Crippen molar-refractivity contribution in [3.63, 3.8) is 0 Å². The molecule has 1 saturated heterocycles. The van der Waals surface area contributed by atoms with Gasteiger partial charge in [0.05, 0.1) is 0 Å². The van der Waals surface area contributed by atoms with E-state index in [1.807, 2.05) is 31.2 Å². The zero-order chi connectivity index (χ0) is 15.5. The van der Waals surface area contributed by atoms with E-state index in [-0.39, 0.29) is 5.91 Å². The van der Waals surface area contributed by atoms with Crippen LogP contribution in [0.25, 0.3) is 0 Å². The van der Waals surface area contributed by atoms with E-state index in [4.69, 9.17) is 0 Å². The highest BCUT2D eigenvalue weighted by Gasteiger charge is 2.18. The number of nitrogens with zero attached hydrogens (tertiary/aromatic N) is 3. The summed E-state index contributed by atoms with van der Waals surface area (Å²) in [4.78, 5) is 23.4. The fourth-order valence-corrected chi connectivity index (χ4v) is 2.72. The van der Waals surface area contributed by atoms with Crippen LogP contribution in [0.5, 0.6) is 0 Å². The first-order valence-corrected chi connectivity index (χ1v) is 8.09. The molecule has 22 heavy (non-hydrogen) atoms. The second-order valence-electron chi connectivity index (χ2n) is 5.35. The minimum Gasteiger partial charge on any atom is -0.341 e. The predicted molar refractivity (Wildman–Crippen MR) is 90.3 cm³/mol. The van der Waals surface area contributed by atoms with Crippen molar-refractivity contribution >= 4 is 33.5 Å². The van der Waals surface area contributed by atoms with E-state index >= 15 is 0 Å². The van der Waals surface area contributed by atoms with Crippen LogP contribution in [0.1, 0.15) is 29.0 Å². The zero-order valence-electron chi connectivity index (χ0n) is 12.3. The number of aromatic nitrogens is 2. The quantitative estimate of drug-likeness (QED) is 0.911. The highest BCUT2D eigenvalue weighted by atomic mass is 79.9. The summed E-state index contributed by atoms with van der Waals surface area (Å²) in [6.45, 7) is 3.80. The Bertz CT molecular complexity index is 681. The van der Waals surface area contributed by atoms with E-state index in [0.29, 0.717) is 11.6 Å². The lowest BCUT2D eigenvalue weighted by Crippen LogP contribution is -2.23. The van der Waals surface area contributed by atoms with Crippen LogP contribution in [-0.4, -0.2) is 29.0 Å². The van der Waals surface area contributed by atoms with Gasteiger partial charge in [-0.3, -0.25) is 4.79 Å². The smallest absolute Gasteiger partial charge is 0.274 e. The van der Waals surface area contributed by atoms with Crippen molar-refractivity contribution in [3.05, 3.63) is 46.2 Å². The minimum atomic E-state index is -0.215. The molecule has 6 heteroatoms. The number of hydrogen-bond donors (Lipinski definition) is 1. The van der Waals surface area contributed by atoms with Gasteiger partial charge in [0.2, 0.25) is 5.95 Å². The summed E-state index contributed by atoms with van der Waals surface area (Å²) in [5.41, 5.74) is 1.95. The number of nitrogens with one attached hydrogen (secondary N) is 1. The average molecular weight is 361 g/mol. The zero-order valence-corrected chi connectivity index (χ0v) is 13.9. The van der Waals surface area contributed by atoms with Crippen LogP contribution in [0.15, 0.2) is 34.8 Å². The van der Waals surface area contributed by atoms with Crippen LogP contribution in [0.3, 0.4) is 0 Å². The molecule has 5 nitrogen and oxygen atoms in total. The van der Waals surface area contributed by atoms with Crippen LogP contribution >= 0.6 is 15.9 Å². The van der Waals surface area contributed by atoms with E-state index < -0.39 is 0 Å². The van der Waals surface area contributed by atoms with Gasteiger partial charge in [0.15, 0.2) is 0 Å². The summed E-state index contributed by atoms with van der Waals surface area (Å²) in [5, 5.41) is 2.86. The first kappa shape index (κ1) is 15.0. The van der Waals surface area contributed by atoms with Crippen molar-refractivity contribution in [2.45, 2.75) is 19.8 Å². The molecule has 0 aliphatic carbocycles. The number of carbonyl (C=O) groups excluding carboxylic acids is 1. The van der Waals surface area contributed by atoms with Gasteiger partial charge < -0.3 is 10.2 Å². The summed E-state index contributed by atoms with van der Waals surface area (Å²) < 4.78 is 0.972. The first-order chi connectivity index (χ1) is 10.6. The Labute approximate surface area is 137 Å². The van der Waals surface area contributed by atoms with Gasteiger partial charge in [-0.1, -0.05) is 15.9 Å². The fraction of sp³-hybridized carbons (Fsp3) is 0.312. The maximum absolute atomic E-state index is 12.4. The van der Waals surface area contributed by atoms with E-state index in [1.54, 1.807) is 6.07 Å². The van der Waals surface area contributed by atoms with E-state index in [0.717, 1.165) is 41.8 Å². The van der Waals surface area contributed by atoms with Crippen molar-refractivity contribution in [1.29, 1.82) is 0 Å². The second kappa shape index (κ2) is 6.44. The average Bonchev–Trinajstić information content (AvgIpc) is 3.03. The van der Waals surface area contributed by atoms with Crippen LogP contribution in [0.2, 0.25) is 0 Å². The Morgan fingerprint density at radius 3 is 2.55 bits per heavy atom.